The van der Waals surface area contributed by atoms with E-state index in [1.165, 1.54) is 0 Å². The molecule has 0 atom stereocenters. The fourth-order valence-corrected chi connectivity index (χ4v) is 4.13. The third-order valence-electron chi connectivity index (χ3n) is 6.79. The van der Waals surface area contributed by atoms with E-state index in [2.05, 4.69) is 44.7 Å². The van der Waals surface area contributed by atoms with Crippen molar-refractivity contribution in [3.8, 4) is 0 Å². The zero-order chi connectivity index (χ0) is 23.4. The summed E-state index contributed by atoms with van der Waals surface area (Å²) in [5.74, 6) is 0. The van der Waals surface area contributed by atoms with Crippen molar-refractivity contribution >= 4 is 40.3 Å². The summed E-state index contributed by atoms with van der Waals surface area (Å²) in [6.07, 6.45) is 7.93. The van der Waals surface area contributed by atoms with Crippen LogP contribution in [0.15, 0.2) is 78.9 Å². The Morgan fingerprint density at radius 3 is 2.39 bits per heavy atom. The van der Waals surface area contributed by atoms with E-state index in [9.17, 15) is 0 Å². The standard InChI is InChI=1S/C27H28BN3O2/c1-7-19(16-15-18(2)28-32-26(3,4)27(5,6)33-28)23-25-24(20-12-8-9-13-21(20)29-23)30-22-14-10-11-17-31(22)25/h7-17H,1H2,2-6H3/b18-15+,19-16+. The molecule has 0 bridgehead atoms. The number of allylic oxidation sites excluding steroid dienone is 5. The molecule has 0 aliphatic carbocycles. The molecule has 0 unspecified atom stereocenters. The van der Waals surface area contributed by atoms with Crippen molar-refractivity contribution in [1.29, 1.82) is 0 Å². The molecule has 0 amide bonds. The molecule has 0 radical (unpaired) electrons. The second kappa shape index (κ2) is 7.68. The molecule has 0 N–H and O–H groups in total. The third-order valence-corrected chi connectivity index (χ3v) is 6.79. The molecule has 166 valence electrons. The van der Waals surface area contributed by atoms with Crippen LogP contribution in [0, 0.1) is 0 Å². The number of hydrogen-bond acceptors (Lipinski definition) is 4. The fraction of sp³-hybridized carbons (Fsp3) is 0.259. The number of imidazole rings is 1. The van der Waals surface area contributed by atoms with Crippen LogP contribution in [0.25, 0.3) is 33.2 Å². The minimum Gasteiger partial charge on any atom is -0.400 e. The van der Waals surface area contributed by atoms with Gasteiger partial charge in [-0.25, -0.2) is 9.97 Å². The van der Waals surface area contributed by atoms with Gasteiger partial charge in [0.25, 0.3) is 0 Å². The highest BCUT2D eigenvalue weighted by molar-refractivity contribution is 6.54. The fourth-order valence-electron chi connectivity index (χ4n) is 4.13. The summed E-state index contributed by atoms with van der Waals surface area (Å²) in [4.78, 5) is 9.94. The minimum absolute atomic E-state index is 0.375. The van der Waals surface area contributed by atoms with Crippen molar-refractivity contribution in [2.45, 2.75) is 45.8 Å². The molecule has 1 saturated heterocycles. The normalized spacial score (nSPS) is 18.5. The first-order chi connectivity index (χ1) is 15.7. The van der Waals surface area contributed by atoms with Gasteiger partial charge in [-0.1, -0.05) is 49.1 Å². The zero-order valence-corrected chi connectivity index (χ0v) is 19.8. The molecule has 6 heteroatoms. The average molecular weight is 437 g/mol. The van der Waals surface area contributed by atoms with Gasteiger partial charge in [0.15, 0.2) is 0 Å². The molecule has 1 aromatic carbocycles. The van der Waals surface area contributed by atoms with Crippen LogP contribution in [0.3, 0.4) is 0 Å². The van der Waals surface area contributed by atoms with Crippen LogP contribution in [-0.2, 0) is 9.31 Å². The van der Waals surface area contributed by atoms with Gasteiger partial charge >= 0.3 is 7.12 Å². The van der Waals surface area contributed by atoms with E-state index in [1.54, 1.807) is 0 Å². The summed E-state index contributed by atoms with van der Waals surface area (Å²) >= 11 is 0. The Morgan fingerprint density at radius 2 is 1.67 bits per heavy atom. The van der Waals surface area contributed by atoms with Gasteiger partial charge in [-0.05, 0) is 58.3 Å². The topological polar surface area (TPSA) is 48.7 Å². The van der Waals surface area contributed by atoms with Gasteiger partial charge in [-0.3, -0.25) is 4.40 Å². The van der Waals surface area contributed by atoms with Crippen molar-refractivity contribution in [3.05, 3.63) is 84.6 Å². The van der Waals surface area contributed by atoms with Gasteiger partial charge in [-0.2, -0.15) is 0 Å². The van der Waals surface area contributed by atoms with Gasteiger partial charge in [0.2, 0.25) is 0 Å². The molecule has 33 heavy (non-hydrogen) atoms. The van der Waals surface area contributed by atoms with Gasteiger partial charge in [0.05, 0.1) is 27.9 Å². The highest BCUT2D eigenvalue weighted by Crippen LogP contribution is 2.38. The van der Waals surface area contributed by atoms with Crippen LogP contribution in [0.5, 0.6) is 0 Å². The minimum atomic E-state index is -0.391. The molecule has 4 heterocycles. The van der Waals surface area contributed by atoms with E-state index in [1.807, 2.05) is 67.7 Å². The van der Waals surface area contributed by atoms with Gasteiger partial charge in [0.1, 0.15) is 11.2 Å². The second-order valence-electron chi connectivity index (χ2n) is 9.54. The van der Waals surface area contributed by atoms with Crippen LogP contribution in [0.4, 0.5) is 0 Å². The van der Waals surface area contributed by atoms with Gasteiger partial charge in [0, 0.05) is 17.2 Å². The number of nitrogens with zero attached hydrogens (tertiary/aromatic N) is 3. The zero-order valence-electron chi connectivity index (χ0n) is 19.8. The highest BCUT2D eigenvalue weighted by atomic mass is 16.7. The van der Waals surface area contributed by atoms with E-state index in [0.717, 1.165) is 44.3 Å². The molecule has 4 aromatic rings. The van der Waals surface area contributed by atoms with E-state index in [0.29, 0.717) is 0 Å². The van der Waals surface area contributed by atoms with E-state index in [-0.39, 0.29) is 11.2 Å². The average Bonchev–Trinajstić information content (AvgIpc) is 3.28. The Balaban J connectivity index is 1.66. The van der Waals surface area contributed by atoms with Crippen molar-refractivity contribution in [2.75, 3.05) is 0 Å². The summed E-state index contributed by atoms with van der Waals surface area (Å²) in [5.41, 5.74) is 5.69. The Bertz CT molecular complexity index is 1450. The smallest absolute Gasteiger partial charge is 0.400 e. The molecule has 0 spiro atoms. The first-order valence-electron chi connectivity index (χ1n) is 11.2. The monoisotopic (exact) mass is 437 g/mol. The molecule has 1 fully saturated rings. The Morgan fingerprint density at radius 1 is 0.970 bits per heavy atom. The summed E-state index contributed by atoms with van der Waals surface area (Å²) in [6.45, 7) is 14.4. The molecule has 3 aromatic heterocycles. The van der Waals surface area contributed by atoms with Gasteiger partial charge in [-0.15, -0.1) is 0 Å². The third kappa shape index (κ3) is 3.50. The molecule has 5 nitrogen and oxygen atoms in total. The largest absolute Gasteiger partial charge is 0.490 e. The van der Waals surface area contributed by atoms with E-state index in [4.69, 9.17) is 19.3 Å². The lowest BCUT2D eigenvalue weighted by molar-refractivity contribution is 0.00578. The first kappa shape index (κ1) is 21.6. The van der Waals surface area contributed by atoms with E-state index >= 15 is 0 Å². The number of fused-ring (bicyclic) bond motifs is 5. The summed E-state index contributed by atoms with van der Waals surface area (Å²) < 4.78 is 14.5. The maximum absolute atomic E-state index is 6.20. The lowest BCUT2D eigenvalue weighted by Gasteiger charge is -2.32. The molecule has 1 aliphatic heterocycles. The predicted molar refractivity (Wildman–Crippen MR) is 136 cm³/mol. The number of pyridine rings is 2. The maximum Gasteiger partial charge on any atom is 0.490 e. The van der Waals surface area contributed by atoms with E-state index < -0.39 is 7.12 Å². The lowest BCUT2D eigenvalue weighted by atomic mass is 9.79. The van der Waals surface area contributed by atoms with Crippen molar-refractivity contribution in [2.24, 2.45) is 0 Å². The predicted octanol–water partition coefficient (Wildman–Crippen LogP) is 6.18. The summed E-state index contributed by atoms with van der Waals surface area (Å²) in [5, 5.41) is 1.03. The molecular weight excluding hydrogens is 409 g/mol. The van der Waals surface area contributed by atoms with Crippen molar-refractivity contribution in [3.63, 3.8) is 0 Å². The van der Waals surface area contributed by atoms with Crippen LogP contribution < -0.4 is 0 Å². The SMILES string of the molecule is C=C/C(=C\C=C(/C)B1OC(C)(C)C(C)(C)O1)c1nc2ccccc2c2nc3ccccn3c12. The number of aromatic nitrogens is 3. The summed E-state index contributed by atoms with van der Waals surface area (Å²) in [6, 6.07) is 14.1. The van der Waals surface area contributed by atoms with Gasteiger partial charge < -0.3 is 9.31 Å². The Labute approximate surface area is 194 Å². The highest BCUT2D eigenvalue weighted by Gasteiger charge is 2.51. The number of benzene rings is 1. The number of para-hydroxylation sites is 1. The van der Waals surface area contributed by atoms with Crippen LogP contribution in [0.2, 0.25) is 0 Å². The van der Waals surface area contributed by atoms with Crippen molar-refractivity contribution in [1.82, 2.24) is 14.4 Å². The van der Waals surface area contributed by atoms with Crippen LogP contribution in [0.1, 0.15) is 40.3 Å². The first-order valence-corrected chi connectivity index (χ1v) is 11.2. The van der Waals surface area contributed by atoms with Crippen molar-refractivity contribution < 1.29 is 9.31 Å². The molecule has 0 saturated carbocycles. The molecule has 5 rings (SSSR count). The second-order valence-corrected chi connectivity index (χ2v) is 9.54. The number of rotatable bonds is 4. The maximum atomic E-state index is 6.20. The number of hydrogen-bond donors (Lipinski definition) is 0. The summed E-state index contributed by atoms with van der Waals surface area (Å²) in [7, 11) is -0.391. The lowest BCUT2D eigenvalue weighted by Crippen LogP contribution is -2.41. The molecular formula is C27H28BN3O2. The van der Waals surface area contributed by atoms with Crippen LogP contribution >= 0.6 is 0 Å². The molecule has 1 aliphatic rings. The Kier molecular flexibility index (Phi) is 5.03. The van der Waals surface area contributed by atoms with Crippen LogP contribution in [-0.4, -0.2) is 32.7 Å². The Hall–Kier alpha value is -3.22. The quantitative estimate of drug-likeness (QED) is 0.283.